The number of carbonyl (C=O) groups excluding carboxylic acids is 3. The van der Waals surface area contributed by atoms with E-state index in [0.717, 1.165) is 0 Å². The van der Waals surface area contributed by atoms with Gasteiger partial charge in [-0.05, 0) is 5.41 Å². The van der Waals surface area contributed by atoms with E-state index in [1.165, 1.54) is 7.05 Å². The average Bonchev–Trinajstić information content (AvgIpc) is 2.30. The van der Waals surface area contributed by atoms with Crippen molar-refractivity contribution in [1.29, 1.82) is 0 Å². The van der Waals surface area contributed by atoms with Gasteiger partial charge in [0.1, 0.15) is 6.04 Å². The SMILES string of the molecule is CNC(=O)C(NC(=O)CCN(O)C=O)C(C)(C)C. The molecule has 7 heteroatoms. The first-order valence-corrected chi connectivity index (χ1v) is 5.64. The molecule has 0 radical (unpaired) electrons. The Morgan fingerprint density at radius 1 is 1.39 bits per heavy atom. The summed E-state index contributed by atoms with van der Waals surface area (Å²) in [5.74, 6) is -0.688. The van der Waals surface area contributed by atoms with Crippen LogP contribution >= 0.6 is 0 Å². The van der Waals surface area contributed by atoms with Gasteiger partial charge in [0.15, 0.2) is 0 Å². The molecule has 0 fully saturated rings. The minimum absolute atomic E-state index is 0.0706. The predicted octanol–water partition coefficient (Wildman–Crippen LogP) is -0.499. The molecule has 0 aliphatic carbocycles. The Labute approximate surface area is 106 Å². The lowest BCUT2D eigenvalue weighted by atomic mass is 9.86. The standard InChI is InChI=1S/C11H21N3O4/c1-11(2,3)9(10(17)12-4)13-8(16)5-6-14(18)7-15/h7,9,18H,5-6H2,1-4H3,(H,12,17)(H,13,16). The average molecular weight is 259 g/mol. The largest absolute Gasteiger partial charge is 0.357 e. The molecule has 0 bridgehead atoms. The van der Waals surface area contributed by atoms with Crippen LogP contribution in [-0.2, 0) is 14.4 Å². The highest BCUT2D eigenvalue weighted by molar-refractivity contribution is 5.88. The Kier molecular flexibility index (Phi) is 6.32. The van der Waals surface area contributed by atoms with Crippen LogP contribution in [0.15, 0.2) is 0 Å². The van der Waals surface area contributed by atoms with E-state index in [1.54, 1.807) is 0 Å². The van der Waals surface area contributed by atoms with Crippen LogP contribution in [0, 0.1) is 5.41 Å². The van der Waals surface area contributed by atoms with Gasteiger partial charge in [-0.15, -0.1) is 0 Å². The molecular weight excluding hydrogens is 238 g/mol. The van der Waals surface area contributed by atoms with Gasteiger partial charge in [0.05, 0.1) is 6.54 Å². The number of hydrogen-bond donors (Lipinski definition) is 3. The summed E-state index contributed by atoms with van der Waals surface area (Å²) in [6.07, 6.45) is 0.145. The van der Waals surface area contributed by atoms with Crippen LogP contribution in [0.2, 0.25) is 0 Å². The second-order valence-corrected chi connectivity index (χ2v) is 5.00. The van der Waals surface area contributed by atoms with Crippen molar-refractivity contribution in [3.05, 3.63) is 0 Å². The normalized spacial score (nSPS) is 12.5. The van der Waals surface area contributed by atoms with E-state index in [9.17, 15) is 14.4 Å². The Hall–Kier alpha value is -1.63. The van der Waals surface area contributed by atoms with E-state index in [0.29, 0.717) is 5.06 Å². The molecule has 0 aromatic rings. The molecule has 0 saturated heterocycles. The smallest absolute Gasteiger partial charge is 0.242 e. The molecule has 3 N–H and O–H groups in total. The quantitative estimate of drug-likeness (QED) is 0.340. The fraction of sp³-hybridized carbons (Fsp3) is 0.727. The topological polar surface area (TPSA) is 98.7 Å². The summed E-state index contributed by atoms with van der Waals surface area (Å²) in [7, 11) is 1.50. The molecule has 0 aliphatic rings. The number of nitrogens with one attached hydrogen (secondary N) is 2. The number of amides is 3. The van der Waals surface area contributed by atoms with Gasteiger partial charge in [-0.1, -0.05) is 20.8 Å². The van der Waals surface area contributed by atoms with Crippen molar-refractivity contribution < 1.29 is 19.6 Å². The Morgan fingerprint density at radius 3 is 2.33 bits per heavy atom. The van der Waals surface area contributed by atoms with Gasteiger partial charge in [0, 0.05) is 13.5 Å². The molecule has 7 nitrogen and oxygen atoms in total. The second kappa shape index (κ2) is 6.95. The third-order valence-corrected chi connectivity index (χ3v) is 2.37. The summed E-state index contributed by atoms with van der Waals surface area (Å²) in [5.41, 5.74) is -0.431. The Balaban J connectivity index is 4.46. The van der Waals surface area contributed by atoms with Gasteiger partial charge >= 0.3 is 0 Å². The van der Waals surface area contributed by atoms with Gasteiger partial charge in [0.25, 0.3) is 0 Å². The lowest BCUT2D eigenvalue weighted by Crippen LogP contribution is -2.53. The zero-order valence-electron chi connectivity index (χ0n) is 11.2. The van der Waals surface area contributed by atoms with Gasteiger partial charge in [-0.2, -0.15) is 0 Å². The van der Waals surface area contributed by atoms with Gasteiger partial charge in [-0.3, -0.25) is 19.6 Å². The monoisotopic (exact) mass is 259 g/mol. The molecule has 0 aromatic heterocycles. The maximum absolute atomic E-state index is 11.6. The zero-order valence-corrected chi connectivity index (χ0v) is 11.2. The third-order valence-electron chi connectivity index (χ3n) is 2.37. The highest BCUT2D eigenvalue weighted by Crippen LogP contribution is 2.19. The van der Waals surface area contributed by atoms with Gasteiger partial charge in [-0.25, -0.2) is 5.06 Å². The van der Waals surface area contributed by atoms with E-state index in [4.69, 9.17) is 5.21 Å². The molecule has 1 atom stereocenters. The minimum atomic E-state index is -0.668. The molecule has 0 spiro atoms. The van der Waals surface area contributed by atoms with Crippen molar-refractivity contribution in [3.8, 4) is 0 Å². The summed E-state index contributed by atoms with van der Waals surface area (Å²) in [5, 5.41) is 14.3. The number of hydrogen-bond acceptors (Lipinski definition) is 4. The maximum atomic E-state index is 11.6. The zero-order chi connectivity index (χ0) is 14.3. The van der Waals surface area contributed by atoms with E-state index in [2.05, 4.69) is 10.6 Å². The van der Waals surface area contributed by atoms with Crippen molar-refractivity contribution in [2.24, 2.45) is 5.41 Å². The lowest BCUT2D eigenvalue weighted by Gasteiger charge is -2.29. The van der Waals surface area contributed by atoms with Crippen LogP contribution in [0.3, 0.4) is 0 Å². The number of likely N-dealkylation sites (N-methyl/N-ethyl adjacent to an activating group) is 1. The van der Waals surface area contributed by atoms with E-state index in [1.807, 2.05) is 20.8 Å². The number of hydroxylamine groups is 2. The summed E-state index contributed by atoms with van der Waals surface area (Å²) in [6, 6.07) is -0.668. The van der Waals surface area contributed by atoms with Crippen molar-refractivity contribution >= 4 is 18.2 Å². The van der Waals surface area contributed by atoms with Crippen molar-refractivity contribution in [3.63, 3.8) is 0 Å². The van der Waals surface area contributed by atoms with E-state index < -0.39 is 17.4 Å². The first kappa shape index (κ1) is 16.4. The van der Waals surface area contributed by atoms with Crippen LogP contribution < -0.4 is 10.6 Å². The first-order valence-electron chi connectivity index (χ1n) is 5.64. The molecule has 0 rings (SSSR count). The Bertz CT molecular complexity index is 312. The summed E-state index contributed by atoms with van der Waals surface area (Å²) in [4.78, 5) is 33.4. The van der Waals surface area contributed by atoms with Crippen LogP contribution in [0.5, 0.6) is 0 Å². The minimum Gasteiger partial charge on any atom is -0.357 e. The predicted molar refractivity (Wildman–Crippen MR) is 64.6 cm³/mol. The fourth-order valence-electron chi connectivity index (χ4n) is 1.32. The van der Waals surface area contributed by atoms with E-state index in [-0.39, 0.29) is 25.3 Å². The lowest BCUT2D eigenvalue weighted by molar-refractivity contribution is -0.151. The molecule has 18 heavy (non-hydrogen) atoms. The molecule has 0 heterocycles. The van der Waals surface area contributed by atoms with Crippen LogP contribution in [0.4, 0.5) is 0 Å². The Morgan fingerprint density at radius 2 is 1.94 bits per heavy atom. The van der Waals surface area contributed by atoms with Gasteiger partial charge in [0.2, 0.25) is 18.2 Å². The molecular formula is C11H21N3O4. The fourth-order valence-corrected chi connectivity index (χ4v) is 1.32. The number of rotatable bonds is 6. The second-order valence-electron chi connectivity index (χ2n) is 5.00. The molecule has 104 valence electrons. The third kappa shape index (κ3) is 5.62. The molecule has 1 unspecified atom stereocenters. The number of carbonyl (C=O) groups is 3. The number of nitrogens with zero attached hydrogens (tertiary/aromatic N) is 1. The van der Waals surface area contributed by atoms with Crippen LogP contribution in [-0.4, -0.2) is 48.1 Å². The first-order chi connectivity index (χ1) is 8.22. The summed E-state index contributed by atoms with van der Waals surface area (Å²) < 4.78 is 0. The van der Waals surface area contributed by atoms with Crippen molar-refractivity contribution in [2.45, 2.75) is 33.2 Å². The van der Waals surface area contributed by atoms with Crippen molar-refractivity contribution in [1.82, 2.24) is 15.7 Å². The summed E-state index contributed by atoms with van der Waals surface area (Å²) >= 11 is 0. The molecule has 0 saturated carbocycles. The van der Waals surface area contributed by atoms with Crippen LogP contribution in [0.1, 0.15) is 27.2 Å². The highest BCUT2D eigenvalue weighted by Gasteiger charge is 2.31. The van der Waals surface area contributed by atoms with Gasteiger partial charge < -0.3 is 10.6 Å². The molecule has 0 aliphatic heterocycles. The molecule has 0 aromatic carbocycles. The maximum Gasteiger partial charge on any atom is 0.242 e. The van der Waals surface area contributed by atoms with Crippen LogP contribution in [0.25, 0.3) is 0 Å². The highest BCUT2D eigenvalue weighted by atomic mass is 16.5. The van der Waals surface area contributed by atoms with E-state index >= 15 is 0 Å². The molecule has 3 amide bonds. The van der Waals surface area contributed by atoms with Crippen molar-refractivity contribution in [2.75, 3.05) is 13.6 Å². The summed E-state index contributed by atoms with van der Waals surface area (Å²) in [6.45, 7) is 5.38.